The molecule has 4 atom stereocenters. The number of rotatable bonds is 22. The molecule has 0 heterocycles. The highest BCUT2D eigenvalue weighted by molar-refractivity contribution is 5.91. The van der Waals surface area contributed by atoms with Crippen LogP contribution >= 0.6 is 0 Å². The summed E-state index contributed by atoms with van der Waals surface area (Å²) in [5, 5.41) is 21.7. The Bertz CT molecular complexity index is 2000. The van der Waals surface area contributed by atoms with Crippen LogP contribution in [0.2, 0.25) is 0 Å². The van der Waals surface area contributed by atoms with Gasteiger partial charge in [-0.1, -0.05) is 113 Å². The van der Waals surface area contributed by atoms with Crippen LogP contribution in [0.5, 0.6) is 0 Å². The topological polar surface area (TPSA) is 177 Å². The molecule has 4 rings (SSSR count). The van der Waals surface area contributed by atoms with Gasteiger partial charge in [-0.2, -0.15) is 13.2 Å². The van der Waals surface area contributed by atoms with Crippen molar-refractivity contribution in [1.29, 1.82) is 0 Å². The first-order chi connectivity index (χ1) is 28.5. The Morgan fingerprint density at radius 2 is 1.22 bits per heavy atom. The summed E-state index contributed by atoms with van der Waals surface area (Å²) in [6.07, 6.45) is -6.51. The lowest BCUT2D eigenvalue weighted by molar-refractivity contribution is -0.206. The van der Waals surface area contributed by atoms with Gasteiger partial charge in [0.2, 0.25) is 17.7 Å². The maximum atomic E-state index is 14.6. The Kier molecular flexibility index (Phi) is 17.5. The van der Waals surface area contributed by atoms with Gasteiger partial charge in [0.15, 0.2) is 0 Å². The third-order valence-electron chi connectivity index (χ3n) is 10.4. The summed E-state index contributed by atoms with van der Waals surface area (Å²) in [5.74, 6) is -7.14. The van der Waals surface area contributed by atoms with Crippen molar-refractivity contribution < 1.29 is 47.0 Å². The van der Waals surface area contributed by atoms with E-state index in [0.29, 0.717) is 32.2 Å². The molecule has 0 aliphatic rings. The molecule has 4 aromatic carbocycles. The summed E-state index contributed by atoms with van der Waals surface area (Å²) in [5.41, 5.74) is 7.38. The van der Waals surface area contributed by atoms with E-state index in [1.165, 1.54) is 0 Å². The second-order valence-corrected chi connectivity index (χ2v) is 16.2. The number of alkyl halides is 3. The number of nitrogens with one attached hydrogen (secondary N) is 3. The molecule has 0 aliphatic carbocycles. The number of unbranched alkanes of at least 4 members (excludes halogenated alkanes) is 1. The normalized spacial score (nSPS) is 13.8. The van der Waals surface area contributed by atoms with Gasteiger partial charge < -0.3 is 31.5 Å². The number of ether oxygens (including phenoxy) is 1. The summed E-state index contributed by atoms with van der Waals surface area (Å²) in [6.45, 7) is 7.47. The Labute approximate surface area is 349 Å². The molecular formula is C46H57F3N4O7. The number of hydrogen-bond acceptors (Lipinski definition) is 7. The van der Waals surface area contributed by atoms with E-state index in [4.69, 9.17) is 10.5 Å². The van der Waals surface area contributed by atoms with Crippen LogP contribution < -0.4 is 21.7 Å². The number of benzene rings is 4. The van der Waals surface area contributed by atoms with Crippen LogP contribution in [0.4, 0.5) is 13.2 Å². The van der Waals surface area contributed by atoms with E-state index in [1.54, 1.807) is 13.8 Å². The number of carboxylic acid groups (broad SMARTS) is 1. The molecule has 0 saturated carbocycles. The van der Waals surface area contributed by atoms with E-state index in [1.807, 2.05) is 98.8 Å². The molecule has 0 radical (unpaired) electrons. The van der Waals surface area contributed by atoms with E-state index in [0.717, 1.165) is 32.7 Å². The van der Waals surface area contributed by atoms with E-state index in [-0.39, 0.29) is 31.1 Å². The molecule has 11 nitrogen and oxygen atoms in total. The highest BCUT2D eigenvalue weighted by Gasteiger charge is 2.44. The molecule has 14 heteroatoms. The molecule has 3 amide bonds. The van der Waals surface area contributed by atoms with Crippen LogP contribution in [-0.4, -0.2) is 71.7 Å². The zero-order valence-corrected chi connectivity index (χ0v) is 34.6. The van der Waals surface area contributed by atoms with Crippen LogP contribution in [-0.2, 0) is 41.6 Å². The minimum absolute atomic E-state index is 0.00992. The van der Waals surface area contributed by atoms with Gasteiger partial charge in [0.1, 0.15) is 18.2 Å². The molecule has 0 aromatic heterocycles. The van der Waals surface area contributed by atoms with Crippen molar-refractivity contribution in [2.24, 2.45) is 23.5 Å². The smallest absolute Gasteiger partial charge is 0.480 e. The van der Waals surface area contributed by atoms with E-state index in [9.17, 15) is 42.3 Å². The SMILES string of the molecule is CC(C)C[C@H](NC(=O)C(Cc1cccc2ccccc12)Cc1cccc2ccccc12)C(=O)N[C@@H](CC(C)C)[C@H](CC(=O)N[C@@H](CCCCN)C(=O)O)OC(=O)C(F)(F)F. The number of carboxylic acids is 1. The van der Waals surface area contributed by atoms with E-state index < -0.39 is 72.4 Å². The number of carbonyl (C=O) groups is 5. The lowest BCUT2D eigenvalue weighted by Crippen LogP contribution is -2.56. The van der Waals surface area contributed by atoms with Gasteiger partial charge in [-0.05, 0) is 96.0 Å². The van der Waals surface area contributed by atoms with Crippen molar-refractivity contribution in [3.63, 3.8) is 0 Å². The molecule has 324 valence electrons. The fraction of sp³-hybridized carbons (Fsp3) is 0.457. The Hall–Kier alpha value is -5.50. The average molecular weight is 835 g/mol. The first-order valence-corrected chi connectivity index (χ1v) is 20.5. The van der Waals surface area contributed by atoms with Gasteiger partial charge in [-0.15, -0.1) is 0 Å². The first kappa shape index (κ1) is 47.2. The minimum atomic E-state index is -5.43. The summed E-state index contributed by atoms with van der Waals surface area (Å²) in [4.78, 5) is 66.3. The van der Waals surface area contributed by atoms with Crippen LogP contribution in [0.3, 0.4) is 0 Å². The third-order valence-corrected chi connectivity index (χ3v) is 10.4. The molecule has 4 aromatic rings. The number of carbonyl (C=O) groups excluding carboxylic acids is 4. The van der Waals surface area contributed by atoms with Crippen molar-refractivity contribution in [3.8, 4) is 0 Å². The number of hydrogen-bond donors (Lipinski definition) is 5. The second kappa shape index (κ2) is 22.2. The maximum absolute atomic E-state index is 14.6. The quantitative estimate of drug-likeness (QED) is 0.0415. The average Bonchev–Trinajstić information content (AvgIpc) is 3.18. The zero-order valence-electron chi connectivity index (χ0n) is 34.6. The van der Waals surface area contributed by atoms with Crippen LogP contribution in [0.15, 0.2) is 84.9 Å². The van der Waals surface area contributed by atoms with Crippen molar-refractivity contribution in [1.82, 2.24) is 16.0 Å². The summed E-state index contributed by atoms with van der Waals surface area (Å²) >= 11 is 0. The van der Waals surface area contributed by atoms with E-state index >= 15 is 0 Å². The molecule has 0 bridgehead atoms. The molecule has 0 saturated heterocycles. The molecule has 0 aliphatic heterocycles. The predicted molar refractivity (Wildman–Crippen MR) is 225 cm³/mol. The fourth-order valence-electron chi connectivity index (χ4n) is 7.47. The Balaban J connectivity index is 1.66. The van der Waals surface area contributed by atoms with Gasteiger partial charge in [-0.3, -0.25) is 14.4 Å². The maximum Gasteiger partial charge on any atom is 0.490 e. The predicted octanol–water partition coefficient (Wildman–Crippen LogP) is 7.02. The number of esters is 1. The number of amides is 3. The summed E-state index contributed by atoms with van der Waals surface area (Å²) in [7, 11) is 0. The Morgan fingerprint density at radius 1 is 0.683 bits per heavy atom. The molecule has 0 unspecified atom stereocenters. The highest BCUT2D eigenvalue weighted by atomic mass is 19.4. The van der Waals surface area contributed by atoms with Crippen molar-refractivity contribution in [3.05, 3.63) is 96.1 Å². The molecular weight excluding hydrogens is 778 g/mol. The van der Waals surface area contributed by atoms with Gasteiger partial charge in [0.25, 0.3) is 0 Å². The third kappa shape index (κ3) is 14.1. The number of fused-ring (bicyclic) bond motifs is 2. The summed E-state index contributed by atoms with van der Waals surface area (Å²) < 4.78 is 45.7. The fourth-order valence-corrected chi connectivity index (χ4v) is 7.47. The lowest BCUT2D eigenvalue weighted by Gasteiger charge is -2.32. The van der Waals surface area contributed by atoms with E-state index in [2.05, 4.69) is 16.0 Å². The minimum Gasteiger partial charge on any atom is -0.480 e. The van der Waals surface area contributed by atoms with Crippen molar-refractivity contribution in [2.45, 2.75) is 109 Å². The largest absolute Gasteiger partial charge is 0.490 e. The van der Waals surface area contributed by atoms with Gasteiger partial charge in [0.05, 0.1) is 12.5 Å². The number of nitrogens with two attached hydrogens (primary N) is 1. The monoisotopic (exact) mass is 834 g/mol. The Morgan fingerprint density at radius 3 is 1.72 bits per heavy atom. The molecule has 6 N–H and O–H groups in total. The van der Waals surface area contributed by atoms with Crippen molar-refractivity contribution >= 4 is 51.2 Å². The van der Waals surface area contributed by atoms with Gasteiger partial charge in [-0.25, -0.2) is 9.59 Å². The first-order valence-electron chi connectivity index (χ1n) is 20.5. The zero-order chi connectivity index (χ0) is 44.0. The molecule has 60 heavy (non-hydrogen) atoms. The molecule has 0 spiro atoms. The standard InChI is InChI=1S/C46H57F3N4O7/c1-28(2)23-38(40(60-45(59)46(47,48)49)27-41(54)51-37(44(57)58)21-9-10-22-50)52-43(56)39(24-29(3)4)53-42(55)34(25-32-17-11-15-30-13-5-7-19-35(30)32)26-33-18-12-16-31-14-6-8-20-36(31)33/h5-8,11-20,28-29,34,37-40H,9-10,21-27,50H2,1-4H3,(H,51,54)(H,52,56)(H,53,55)(H,57,58)/t37-,38-,39-,40-/m0/s1. The lowest BCUT2D eigenvalue weighted by atomic mass is 9.87. The highest BCUT2D eigenvalue weighted by Crippen LogP contribution is 2.27. The number of halogens is 3. The van der Waals surface area contributed by atoms with Crippen molar-refractivity contribution in [2.75, 3.05) is 6.54 Å². The van der Waals surface area contributed by atoms with Crippen LogP contribution in [0.1, 0.15) is 77.3 Å². The molecule has 0 fully saturated rings. The van der Waals surface area contributed by atoms with Gasteiger partial charge >= 0.3 is 18.1 Å². The second-order valence-electron chi connectivity index (χ2n) is 16.2. The van der Waals surface area contributed by atoms with Crippen LogP contribution in [0, 0.1) is 17.8 Å². The number of aliphatic carboxylic acids is 1. The van der Waals surface area contributed by atoms with Crippen LogP contribution in [0.25, 0.3) is 21.5 Å². The van der Waals surface area contributed by atoms with Gasteiger partial charge in [0, 0.05) is 5.92 Å². The summed E-state index contributed by atoms with van der Waals surface area (Å²) in [6, 6.07) is 23.6.